The van der Waals surface area contributed by atoms with Crippen LogP contribution in [0, 0.1) is 0 Å². The Labute approximate surface area is 80.4 Å². The first-order valence-corrected chi connectivity index (χ1v) is 5.21. The summed E-state index contributed by atoms with van der Waals surface area (Å²) in [5.74, 6) is 0. The molecule has 1 atom stereocenters. The Hall–Kier alpha value is -0.120. The van der Waals surface area contributed by atoms with E-state index < -0.39 is 0 Å². The molecule has 1 rings (SSSR count). The molecule has 0 unspecified atom stereocenters. The Bertz CT molecular complexity index is 115. The van der Waals surface area contributed by atoms with Crippen LogP contribution in [0.25, 0.3) is 0 Å². The summed E-state index contributed by atoms with van der Waals surface area (Å²) >= 11 is 0. The molecule has 0 N–H and O–H groups in total. The highest BCUT2D eigenvalue weighted by molar-refractivity contribution is 4.66. The smallest absolute Gasteiger partial charge is 0.160 e. The van der Waals surface area contributed by atoms with Crippen molar-refractivity contribution in [2.45, 2.75) is 45.5 Å². The SMILES string of the molecule is CCOC(C[C@H]1CCCO1)OCC. The number of ether oxygens (including phenoxy) is 3. The van der Waals surface area contributed by atoms with Gasteiger partial charge in [-0.3, -0.25) is 0 Å². The minimum atomic E-state index is -0.0712. The van der Waals surface area contributed by atoms with Gasteiger partial charge in [-0.05, 0) is 26.7 Å². The molecule has 0 bridgehead atoms. The Morgan fingerprint density at radius 1 is 1.31 bits per heavy atom. The van der Waals surface area contributed by atoms with Gasteiger partial charge in [-0.1, -0.05) is 0 Å². The molecule has 0 spiro atoms. The minimum absolute atomic E-state index is 0.0712. The lowest BCUT2D eigenvalue weighted by atomic mass is 10.2. The predicted molar refractivity (Wildman–Crippen MR) is 50.6 cm³/mol. The quantitative estimate of drug-likeness (QED) is 0.596. The first-order chi connectivity index (χ1) is 6.36. The molecular formula is C10H20O3. The third-order valence-electron chi connectivity index (χ3n) is 2.18. The van der Waals surface area contributed by atoms with Gasteiger partial charge in [0, 0.05) is 26.2 Å². The van der Waals surface area contributed by atoms with Crippen molar-refractivity contribution in [1.82, 2.24) is 0 Å². The van der Waals surface area contributed by atoms with Gasteiger partial charge in [0.25, 0.3) is 0 Å². The minimum Gasteiger partial charge on any atom is -0.378 e. The summed E-state index contributed by atoms with van der Waals surface area (Å²) in [6.45, 7) is 6.29. The van der Waals surface area contributed by atoms with Crippen molar-refractivity contribution in [3.8, 4) is 0 Å². The van der Waals surface area contributed by atoms with E-state index in [1.165, 1.54) is 6.42 Å². The summed E-state index contributed by atoms with van der Waals surface area (Å²) in [7, 11) is 0. The van der Waals surface area contributed by atoms with E-state index in [0.717, 1.165) is 19.4 Å². The van der Waals surface area contributed by atoms with Gasteiger partial charge < -0.3 is 14.2 Å². The highest BCUT2D eigenvalue weighted by atomic mass is 16.7. The molecule has 3 heteroatoms. The summed E-state index contributed by atoms with van der Waals surface area (Å²) in [6, 6.07) is 0. The molecule has 0 radical (unpaired) electrons. The summed E-state index contributed by atoms with van der Waals surface area (Å²) in [4.78, 5) is 0. The maximum atomic E-state index is 5.52. The second-order valence-electron chi connectivity index (χ2n) is 3.21. The molecule has 1 fully saturated rings. The van der Waals surface area contributed by atoms with E-state index in [1.807, 2.05) is 13.8 Å². The molecule has 1 aliphatic rings. The summed E-state index contributed by atoms with van der Waals surface area (Å²) < 4.78 is 16.4. The van der Waals surface area contributed by atoms with Crippen molar-refractivity contribution < 1.29 is 14.2 Å². The van der Waals surface area contributed by atoms with E-state index in [-0.39, 0.29) is 6.29 Å². The van der Waals surface area contributed by atoms with Crippen LogP contribution in [-0.4, -0.2) is 32.2 Å². The molecule has 0 aliphatic carbocycles. The van der Waals surface area contributed by atoms with E-state index in [1.54, 1.807) is 0 Å². The number of rotatable bonds is 6. The highest BCUT2D eigenvalue weighted by Crippen LogP contribution is 2.18. The fourth-order valence-electron chi connectivity index (χ4n) is 1.60. The molecule has 1 saturated heterocycles. The Morgan fingerprint density at radius 3 is 2.46 bits per heavy atom. The van der Waals surface area contributed by atoms with Crippen LogP contribution in [0.2, 0.25) is 0 Å². The topological polar surface area (TPSA) is 27.7 Å². The van der Waals surface area contributed by atoms with Gasteiger partial charge in [-0.15, -0.1) is 0 Å². The highest BCUT2D eigenvalue weighted by Gasteiger charge is 2.20. The molecule has 1 heterocycles. The molecule has 0 amide bonds. The van der Waals surface area contributed by atoms with Gasteiger partial charge in [0.2, 0.25) is 0 Å². The van der Waals surface area contributed by atoms with Crippen molar-refractivity contribution in [1.29, 1.82) is 0 Å². The van der Waals surface area contributed by atoms with Crippen molar-refractivity contribution in [2.75, 3.05) is 19.8 Å². The average molecular weight is 188 g/mol. The molecule has 0 saturated carbocycles. The second-order valence-corrected chi connectivity index (χ2v) is 3.21. The summed E-state index contributed by atoms with van der Waals surface area (Å²) in [5, 5.41) is 0. The maximum Gasteiger partial charge on any atom is 0.160 e. The third-order valence-corrected chi connectivity index (χ3v) is 2.18. The zero-order chi connectivity index (χ0) is 9.52. The summed E-state index contributed by atoms with van der Waals surface area (Å²) in [6.07, 6.45) is 3.48. The molecule has 0 aromatic rings. The number of hydrogen-bond donors (Lipinski definition) is 0. The lowest BCUT2D eigenvalue weighted by molar-refractivity contribution is -0.153. The van der Waals surface area contributed by atoms with Gasteiger partial charge in [-0.25, -0.2) is 0 Å². The van der Waals surface area contributed by atoms with Gasteiger partial charge in [0.15, 0.2) is 6.29 Å². The Kier molecular flexibility index (Phi) is 5.35. The van der Waals surface area contributed by atoms with Gasteiger partial charge in [0.1, 0.15) is 0 Å². The first-order valence-electron chi connectivity index (χ1n) is 5.21. The average Bonchev–Trinajstić information content (AvgIpc) is 2.58. The molecule has 3 nitrogen and oxygen atoms in total. The van der Waals surface area contributed by atoms with Crippen molar-refractivity contribution in [3.05, 3.63) is 0 Å². The normalized spacial score (nSPS) is 22.8. The van der Waals surface area contributed by atoms with Crippen LogP contribution in [0.4, 0.5) is 0 Å². The molecular weight excluding hydrogens is 168 g/mol. The standard InChI is InChI=1S/C10H20O3/c1-3-11-10(12-4-2)8-9-6-5-7-13-9/h9-10H,3-8H2,1-2H3/t9-/m1/s1. The van der Waals surface area contributed by atoms with Gasteiger partial charge in [-0.2, -0.15) is 0 Å². The molecule has 1 aliphatic heterocycles. The van der Waals surface area contributed by atoms with Gasteiger partial charge >= 0.3 is 0 Å². The Morgan fingerprint density at radius 2 is 2.00 bits per heavy atom. The van der Waals surface area contributed by atoms with Crippen LogP contribution in [0.3, 0.4) is 0 Å². The van der Waals surface area contributed by atoms with Crippen LogP contribution < -0.4 is 0 Å². The monoisotopic (exact) mass is 188 g/mol. The molecule has 13 heavy (non-hydrogen) atoms. The fourth-order valence-corrected chi connectivity index (χ4v) is 1.60. The third kappa shape index (κ3) is 4.07. The molecule has 0 aromatic carbocycles. The van der Waals surface area contributed by atoms with Crippen LogP contribution >= 0.6 is 0 Å². The van der Waals surface area contributed by atoms with E-state index in [2.05, 4.69) is 0 Å². The fraction of sp³-hybridized carbons (Fsp3) is 1.00. The zero-order valence-electron chi connectivity index (χ0n) is 8.62. The maximum absolute atomic E-state index is 5.52. The van der Waals surface area contributed by atoms with Crippen LogP contribution in [0.1, 0.15) is 33.1 Å². The number of hydrogen-bond acceptors (Lipinski definition) is 3. The van der Waals surface area contributed by atoms with Crippen LogP contribution in [0.15, 0.2) is 0 Å². The van der Waals surface area contributed by atoms with Crippen LogP contribution in [-0.2, 0) is 14.2 Å². The molecule has 0 aromatic heterocycles. The van der Waals surface area contributed by atoms with E-state index in [0.29, 0.717) is 19.3 Å². The lowest BCUT2D eigenvalue weighted by Crippen LogP contribution is -2.23. The lowest BCUT2D eigenvalue weighted by Gasteiger charge is -2.19. The van der Waals surface area contributed by atoms with Gasteiger partial charge in [0.05, 0.1) is 6.10 Å². The van der Waals surface area contributed by atoms with E-state index in [9.17, 15) is 0 Å². The van der Waals surface area contributed by atoms with Crippen molar-refractivity contribution in [2.24, 2.45) is 0 Å². The van der Waals surface area contributed by atoms with Crippen molar-refractivity contribution in [3.63, 3.8) is 0 Å². The van der Waals surface area contributed by atoms with Crippen molar-refractivity contribution >= 4 is 0 Å². The predicted octanol–water partition coefficient (Wildman–Crippen LogP) is 1.95. The van der Waals surface area contributed by atoms with Crippen LogP contribution in [0.5, 0.6) is 0 Å². The van der Waals surface area contributed by atoms with E-state index in [4.69, 9.17) is 14.2 Å². The second kappa shape index (κ2) is 6.35. The largest absolute Gasteiger partial charge is 0.378 e. The molecule has 78 valence electrons. The Balaban J connectivity index is 2.19. The zero-order valence-corrected chi connectivity index (χ0v) is 8.62. The van der Waals surface area contributed by atoms with E-state index >= 15 is 0 Å². The first kappa shape index (κ1) is 11.0. The summed E-state index contributed by atoms with van der Waals surface area (Å²) in [5.41, 5.74) is 0.